The number of carbonyl (C=O) groups is 2. The SMILES string of the molecule is CCOC[C@@H](CC(C)C)NC(=O)[C@@H]1CNC[C@H](C(=O)N(c2cc(OCCCOC)c(C)cn2)C2CC2)C1. The zero-order chi connectivity index (χ0) is 26.8. The molecule has 9 heteroatoms. The molecule has 37 heavy (non-hydrogen) atoms. The van der Waals surface area contributed by atoms with Gasteiger partial charge in [0, 0.05) is 63.7 Å². The predicted octanol–water partition coefficient (Wildman–Crippen LogP) is 3.09. The van der Waals surface area contributed by atoms with Crippen molar-refractivity contribution in [2.45, 2.75) is 71.9 Å². The van der Waals surface area contributed by atoms with Gasteiger partial charge >= 0.3 is 0 Å². The van der Waals surface area contributed by atoms with Crippen molar-refractivity contribution in [2.24, 2.45) is 17.8 Å². The lowest BCUT2D eigenvalue weighted by Crippen LogP contribution is -2.51. The molecule has 1 saturated carbocycles. The van der Waals surface area contributed by atoms with Gasteiger partial charge in [-0.3, -0.25) is 14.5 Å². The van der Waals surface area contributed by atoms with Gasteiger partial charge in [0.1, 0.15) is 11.6 Å². The number of aromatic nitrogens is 1. The van der Waals surface area contributed by atoms with Crippen LogP contribution in [0.25, 0.3) is 0 Å². The van der Waals surface area contributed by atoms with Crippen molar-refractivity contribution in [3.63, 3.8) is 0 Å². The molecular formula is C28H46N4O5. The maximum atomic E-state index is 13.8. The minimum absolute atomic E-state index is 0.00599. The van der Waals surface area contributed by atoms with Crippen molar-refractivity contribution < 1.29 is 23.8 Å². The van der Waals surface area contributed by atoms with Crippen molar-refractivity contribution in [2.75, 3.05) is 51.5 Å². The second-order valence-corrected chi connectivity index (χ2v) is 10.7. The number of pyridine rings is 1. The summed E-state index contributed by atoms with van der Waals surface area (Å²) >= 11 is 0. The number of ether oxygens (including phenoxy) is 3. The molecule has 3 rings (SSSR count). The molecule has 2 heterocycles. The quantitative estimate of drug-likeness (QED) is 0.344. The minimum atomic E-state index is -0.283. The van der Waals surface area contributed by atoms with Gasteiger partial charge < -0.3 is 24.8 Å². The molecule has 1 aliphatic carbocycles. The summed E-state index contributed by atoms with van der Waals surface area (Å²) in [7, 11) is 1.67. The summed E-state index contributed by atoms with van der Waals surface area (Å²) < 4.78 is 16.7. The van der Waals surface area contributed by atoms with Crippen molar-refractivity contribution in [1.82, 2.24) is 15.6 Å². The molecule has 2 amide bonds. The first-order valence-corrected chi connectivity index (χ1v) is 13.8. The Labute approximate surface area is 222 Å². The highest BCUT2D eigenvalue weighted by molar-refractivity contribution is 5.96. The second-order valence-electron chi connectivity index (χ2n) is 10.7. The third-order valence-corrected chi connectivity index (χ3v) is 6.88. The molecule has 0 bridgehead atoms. The van der Waals surface area contributed by atoms with Crippen LogP contribution >= 0.6 is 0 Å². The molecule has 2 N–H and O–H groups in total. The molecule has 1 aromatic heterocycles. The minimum Gasteiger partial charge on any atom is -0.493 e. The number of methoxy groups -OCH3 is 1. The zero-order valence-corrected chi connectivity index (χ0v) is 23.3. The van der Waals surface area contributed by atoms with Crippen LogP contribution in [0.2, 0.25) is 0 Å². The maximum Gasteiger partial charge on any atom is 0.232 e. The van der Waals surface area contributed by atoms with Crippen molar-refractivity contribution >= 4 is 17.6 Å². The molecule has 208 valence electrons. The van der Waals surface area contributed by atoms with E-state index in [1.54, 1.807) is 13.3 Å². The van der Waals surface area contributed by atoms with Crippen LogP contribution < -0.4 is 20.3 Å². The number of aryl methyl sites for hydroxylation is 1. The summed E-state index contributed by atoms with van der Waals surface area (Å²) in [4.78, 5) is 33.4. The number of carbonyl (C=O) groups excluding carboxylic acids is 2. The monoisotopic (exact) mass is 518 g/mol. The second kappa shape index (κ2) is 14.6. The van der Waals surface area contributed by atoms with Crippen LogP contribution in [0.15, 0.2) is 12.3 Å². The average Bonchev–Trinajstić information content (AvgIpc) is 3.71. The van der Waals surface area contributed by atoms with Gasteiger partial charge in [0.25, 0.3) is 0 Å². The van der Waals surface area contributed by atoms with Gasteiger partial charge in [-0.25, -0.2) is 4.98 Å². The summed E-state index contributed by atoms with van der Waals surface area (Å²) in [6.45, 7) is 11.6. The summed E-state index contributed by atoms with van der Waals surface area (Å²) in [5.74, 6) is 1.30. The highest BCUT2D eigenvalue weighted by atomic mass is 16.5. The van der Waals surface area contributed by atoms with Crippen molar-refractivity contribution in [3.8, 4) is 5.75 Å². The first kappa shape index (κ1) is 29.3. The van der Waals surface area contributed by atoms with Crippen LogP contribution in [0.1, 0.15) is 58.4 Å². The Morgan fingerprint density at radius 2 is 1.97 bits per heavy atom. The van der Waals surface area contributed by atoms with E-state index in [4.69, 9.17) is 14.2 Å². The number of hydrogen-bond donors (Lipinski definition) is 2. The first-order chi connectivity index (χ1) is 17.8. The van der Waals surface area contributed by atoms with Crippen LogP contribution in [-0.4, -0.2) is 75.5 Å². The molecular weight excluding hydrogens is 472 g/mol. The Hall–Kier alpha value is -2.23. The fourth-order valence-electron chi connectivity index (χ4n) is 4.82. The van der Waals surface area contributed by atoms with E-state index in [-0.39, 0.29) is 35.7 Å². The van der Waals surface area contributed by atoms with Crippen LogP contribution in [0, 0.1) is 24.7 Å². The lowest BCUT2D eigenvalue weighted by atomic mass is 9.88. The average molecular weight is 519 g/mol. The van der Waals surface area contributed by atoms with E-state index in [0.717, 1.165) is 37.0 Å². The van der Waals surface area contributed by atoms with E-state index in [1.165, 1.54) is 0 Å². The number of rotatable bonds is 15. The van der Waals surface area contributed by atoms with Gasteiger partial charge in [0.2, 0.25) is 11.8 Å². The summed E-state index contributed by atoms with van der Waals surface area (Å²) in [6.07, 6.45) is 5.87. The smallest absolute Gasteiger partial charge is 0.232 e. The van der Waals surface area contributed by atoms with Crippen LogP contribution in [0.4, 0.5) is 5.82 Å². The summed E-state index contributed by atoms with van der Waals surface area (Å²) in [6, 6.07) is 2.01. The van der Waals surface area contributed by atoms with Crippen molar-refractivity contribution in [3.05, 3.63) is 17.8 Å². The Morgan fingerprint density at radius 3 is 2.65 bits per heavy atom. The fourth-order valence-corrected chi connectivity index (χ4v) is 4.82. The maximum absolute atomic E-state index is 13.8. The van der Waals surface area contributed by atoms with E-state index < -0.39 is 0 Å². The molecule has 2 fully saturated rings. The number of piperidine rings is 1. The third kappa shape index (κ3) is 8.93. The highest BCUT2D eigenvalue weighted by Gasteiger charge is 2.40. The van der Waals surface area contributed by atoms with Gasteiger partial charge in [0.05, 0.1) is 31.1 Å². The van der Waals surface area contributed by atoms with Gasteiger partial charge in [-0.1, -0.05) is 13.8 Å². The van der Waals surface area contributed by atoms with Crippen LogP contribution in [0.5, 0.6) is 5.75 Å². The lowest BCUT2D eigenvalue weighted by Gasteiger charge is -2.33. The van der Waals surface area contributed by atoms with Gasteiger partial charge in [-0.15, -0.1) is 0 Å². The van der Waals surface area contributed by atoms with Gasteiger partial charge in [-0.05, 0) is 45.4 Å². The lowest BCUT2D eigenvalue weighted by molar-refractivity contribution is -0.129. The molecule has 2 aliphatic rings. The van der Waals surface area contributed by atoms with Crippen molar-refractivity contribution in [1.29, 1.82) is 0 Å². The Morgan fingerprint density at radius 1 is 1.22 bits per heavy atom. The molecule has 0 aromatic carbocycles. The van der Waals surface area contributed by atoms with E-state index in [2.05, 4.69) is 29.5 Å². The van der Waals surface area contributed by atoms with Crippen LogP contribution in [-0.2, 0) is 19.1 Å². The molecule has 1 aromatic rings. The number of anilines is 1. The molecule has 0 radical (unpaired) electrons. The normalized spacial score (nSPS) is 20.5. The van der Waals surface area contributed by atoms with E-state index in [1.807, 2.05) is 24.8 Å². The third-order valence-electron chi connectivity index (χ3n) is 6.88. The van der Waals surface area contributed by atoms with Gasteiger partial charge in [0.15, 0.2) is 0 Å². The molecule has 1 saturated heterocycles. The Kier molecular flexibility index (Phi) is 11.6. The van der Waals surface area contributed by atoms with Crippen LogP contribution in [0.3, 0.4) is 0 Å². The van der Waals surface area contributed by atoms with Gasteiger partial charge in [-0.2, -0.15) is 0 Å². The highest BCUT2D eigenvalue weighted by Crippen LogP contribution is 2.35. The molecule has 9 nitrogen and oxygen atoms in total. The first-order valence-electron chi connectivity index (χ1n) is 13.8. The molecule has 1 aliphatic heterocycles. The number of nitrogens with zero attached hydrogens (tertiary/aromatic N) is 2. The summed E-state index contributed by atoms with van der Waals surface area (Å²) in [5.41, 5.74) is 0.934. The molecule has 3 atom stereocenters. The number of amides is 2. The summed E-state index contributed by atoms with van der Waals surface area (Å²) in [5, 5.41) is 6.52. The zero-order valence-electron chi connectivity index (χ0n) is 23.3. The topological polar surface area (TPSA) is 102 Å². The standard InChI is InChI=1S/C28H46N4O5/c1-6-36-18-23(12-19(2)3)31-27(33)21-13-22(17-29-16-21)28(34)32(24-8-9-24)26-14-25(20(4)15-30-26)37-11-7-10-35-5/h14-15,19,21-24,29H,6-13,16-18H2,1-5H3,(H,31,33)/t21-,22+,23+/m0/s1. The largest absolute Gasteiger partial charge is 0.493 e. The molecule has 0 unspecified atom stereocenters. The molecule has 0 spiro atoms. The van der Waals surface area contributed by atoms with E-state index in [9.17, 15) is 9.59 Å². The fraction of sp³-hybridized carbons (Fsp3) is 0.750. The number of nitrogens with one attached hydrogen (secondary N) is 2. The van der Waals surface area contributed by atoms with E-state index >= 15 is 0 Å². The number of hydrogen-bond acceptors (Lipinski definition) is 7. The Balaban J connectivity index is 1.66. The van der Waals surface area contributed by atoms with E-state index in [0.29, 0.717) is 57.7 Å². The predicted molar refractivity (Wildman–Crippen MR) is 144 cm³/mol. The Bertz CT molecular complexity index is 876.